The van der Waals surface area contributed by atoms with Crippen LogP contribution in [0.25, 0.3) is 0 Å². The molecule has 1 N–H and O–H groups in total. The summed E-state index contributed by atoms with van der Waals surface area (Å²) in [5.41, 5.74) is 2.49. The molecule has 0 saturated heterocycles. The number of hydrogen-bond donors (Lipinski definition) is 1. The topological polar surface area (TPSA) is 41.6 Å². The molecule has 1 aliphatic heterocycles. The van der Waals surface area contributed by atoms with Gasteiger partial charge in [-0.15, -0.1) is 0 Å². The van der Waals surface area contributed by atoms with Gasteiger partial charge in [0, 0.05) is 35.9 Å². The Labute approximate surface area is 153 Å². The molecule has 0 atom stereocenters. The van der Waals surface area contributed by atoms with Crippen LogP contribution in [0.3, 0.4) is 0 Å². The van der Waals surface area contributed by atoms with Gasteiger partial charge in [-0.1, -0.05) is 36.0 Å². The Balaban J connectivity index is 1.58. The standard InChI is InChI=1S/C20H24N2O2S/c1-2-24-15-12-20(23)21-13-7-14-22-16-8-3-5-10-18(16)25-19-11-6-4-9-17(19)22/h3-6,8-11H,2,7,12-15H2,1H3,(H,21,23). The van der Waals surface area contributed by atoms with Crippen molar-refractivity contribution in [1.82, 2.24) is 5.32 Å². The number of fused-ring (bicyclic) bond motifs is 2. The number of rotatable bonds is 8. The van der Waals surface area contributed by atoms with E-state index in [1.165, 1.54) is 21.2 Å². The van der Waals surface area contributed by atoms with Crippen molar-refractivity contribution in [3.05, 3.63) is 48.5 Å². The molecule has 1 amide bonds. The molecule has 0 aliphatic carbocycles. The van der Waals surface area contributed by atoms with E-state index < -0.39 is 0 Å². The average molecular weight is 356 g/mol. The minimum atomic E-state index is 0.0588. The molecule has 132 valence electrons. The highest BCUT2D eigenvalue weighted by atomic mass is 32.2. The van der Waals surface area contributed by atoms with Crippen LogP contribution in [0.1, 0.15) is 19.8 Å². The zero-order valence-corrected chi connectivity index (χ0v) is 15.3. The maximum absolute atomic E-state index is 11.8. The van der Waals surface area contributed by atoms with Gasteiger partial charge in [-0.25, -0.2) is 0 Å². The maximum atomic E-state index is 11.8. The molecule has 1 aliphatic rings. The van der Waals surface area contributed by atoms with Gasteiger partial charge >= 0.3 is 0 Å². The summed E-state index contributed by atoms with van der Waals surface area (Å²) >= 11 is 1.82. The molecule has 4 nitrogen and oxygen atoms in total. The number of nitrogens with one attached hydrogen (secondary N) is 1. The van der Waals surface area contributed by atoms with Crippen molar-refractivity contribution in [2.45, 2.75) is 29.6 Å². The summed E-state index contributed by atoms with van der Waals surface area (Å²) in [6, 6.07) is 17.0. The van der Waals surface area contributed by atoms with Gasteiger partial charge in [-0.2, -0.15) is 0 Å². The van der Waals surface area contributed by atoms with Gasteiger partial charge in [0.1, 0.15) is 0 Å². The van der Waals surface area contributed by atoms with Crippen LogP contribution in [0.15, 0.2) is 58.3 Å². The average Bonchev–Trinajstić information content (AvgIpc) is 2.64. The van der Waals surface area contributed by atoms with Crippen molar-refractivity contribution in [2.24, 2.45) is 0 Å². The number of anilines is 2. The number of ether oxygens (including phenoxy) is 1. The third-order valence-corrected chi connectivity index (χ3v) is 5.22. The van der Waals surface area contributed by atoms with E-state index in [4.69, 9.17) is 4.74 Å². The van der Waals surface area contributed by atoms with Gasteiger partial charge in [-0.05, 0) is 37.6 Å². The van der Waals surface area contributed by atoms with E-state index in [0.29, 0.717) is 26.2 Å². The largest absolute Gasteiger partial charge is 0.381 e. The van der Waals surface area contributed by atoms with Crippen LogP contribution in [0.4, 0.5) is 11.4 Å². The van der Waals surface area contributed by atoms with Crippen LogP contribution in [-0.2, 0) is 9.53 Å². The Morgan fingerprint density at radius 3 is 2.36 bits per heavy atom. The van der Waals surface area contributed by atoms with Gasteiger partial charge in [0.2, 0.25) is 5.91 Å². The molecular formula is C20H24N2O2S. The molecule has 1 heterocycles. The summed E-state index contributed by atoms with van der Waals surface area (Å²) in [5, 5.41) is 2.98. The molecule has 0 aromatic heterocycles. The van der Waals surface area contributed by atoms with Crippen molar-refractivity contribution in [3.63, 3.8) is 0 Å². The number of para-hydroxylation sites is 2. The quantitative estimate of drug-likeness (QED) is 0.719. The molecular weight excluding hydrogens is 332 g/mol. The first-order chi connectivity index (χ1) is 12.3. The molecule has 3 rings (SSSR count). The number of benzene rings is 2. The molecule has 0 saturated carbocycles. The second-order valence-corrected chi connectivity index (χ2v) is 6.92. The van der Waals surface area contributed by atoms with E-state index in [-0.39, 0.29) is 5.91 Å². The highest BCUT2D eigenvalue weighted by Crippen LogP contribution is 2.47. The van der Waals surface area contributed by atoms with E-state index in [0.717, 1.165) is 13.0 Å². The maximum Gasteiger partial charge on any atom is 0.222 e. The van der Waals surface area contributed by atoms with Crippen LogP contribution >= 0.6 is 11.8 Å². The smallest absolute Gasteiger partial charge is 0.222 e. The van der Waals surface area contributed by atoms with Crippen LogP contribution in [0.5, 0.6) is 0 Å². The highest BCUT2D eigenvalue weighted by molar-refractivity contribution is 7.99. The fourth-order valence-corrected chi connectivity index (χ4v) is 3.98. The molecule has 0 fully saturated rings. The van der Waals surface area contributed by atoms with Gasteiger partial charge < -0.3 is 15.0 Å². The lowest BCUT2D eigenvalue weighted by molar-refractivity contribution is -0.122. The van der Waals surface area contributed by atoms with Crippen LogP contribution in [0.2, 0.25) is 0 Å². The van der Waals surface area contributed by atoms with Crippen molar-refractivity contribution >= 4 is 29.0 Å². The lowest BCUT2D eigenvalue weighted by atomic mass is 10.2. The first-order valence-electron chi connectivity index (χ1n) is 8.77. The zero-order chi connectivity index (χ0) is 17.5. The van der Waals surface area contributed by atoms with Gasteiger partial charge in [0.05, 0.1) is 18.0 Å². The number of carbonyl (C=O) groups is 1. The first-order valence-corrected chi connectivity index (χ1v) is 9.59. The predicted octanol–water partition coefficient (Wildman–Crippen LogP) is 4.22. The Morgan fingerprint density at radius 2 is 1.72 bits per heavy atom. The second-order valence-electron chi connectivity index (χ2n) is 5.84. The van der Waals surface area contributed by atoms with Gasteiger partial charge in [0.25, 0.3) is 0 Å². The van der Waals surface area contributed by atoms with Crippen molar-refractivity contribution < 1.29 is 9.53 Å². The van der Waals surface area contributed by atoms with Crippen molar-refractivity contribution in [1.29, 1.82) is 0 Å². The Morgan fingerprint density at radius 1 is 1.08 bits per heavy atom. The Kier molecular flexibility index (Phi) is 6.36. The number of amides is 1. The van der Waals surface area contributed by atoms with E-state index in [2.05, 4.69) is 58.7 Å². The highest BCUT2D eigenvalue weighted by Gasteiger charge is 2.22. The third-order valence-electron chi connectivity index (χ3n) is 4.09. The monoisotopic (exact) mass is 356 g/mol. The Bertz CT molecular complexity index is 675. The van der Waals surface area contributed by atoms with Gasteiger partial charge in [-0.3, -0.25) is 4.79 Å². The lowest BCUT2D eigenvalue weighted by Gasteiger charge is -2.32. The molecule has 0 spiro atoms. The lowest BCUT2D eigenvalue weighted by Crippen LogP contribution is -2.29. The normalized spacial score (nSPS) is 12.4. The predicted molar refractivity (Wildman–Crippen MR) is 103 cm³/mol. The summed E-state index contributed by atoms with van der Waals surface area (Å²) in [6.07, 6.45) is 1.33. The molecule has 2 aromatic carbocycles. The summed E-state index contributed by atoms with van der Waals surface area (Å²) in [5.74, 6) is 0.0588. The molecule has 0 radical (unpaired) electrons. The van der Waals surface area contributed by atoms with E-state index in [1.807, 2.05) is 18.7 Å². The van der Waals surface area contributed by atoms with Crippen LogP contribution in [0, 0.1) is 0 Å². The van der Waals surface area contributed by atoms with Crippen molar-refractivity contribution in [2.75, 3.05) is 31.2 Å². The molecule has 5 heteroatoms. The van der Waals surface area contributed by atoms with Crippen molar-refractivity contribution in [3.8, 4) is 0 Å². The van der Waals surface area contributed by atoms with E-state index in [9.17, 15) is 4.79 Å². The Hall–Kier alpha value is -1.98. The molecule has 0 unspecified atom stereocenters. The molecule has 2 aromatic rings. The van der Waals surface area contributed by atoms with E-state index >= 15 is 0 Å². The fraction of sp³-hybridized carbons (Fsp3) is 0.350. The first kappa shape index (κ1) is 17.8. The van der Waals surface area contributed by atoms with Gasteiger partial charge in [0.15, 0.2) is 0 Å². The minimum absolute atomic E-state index is 0.0588. The molecule has 25 heavy (non-hydrogen) atoms. The molecule has 0 bridgehead atoms. The van der Waals surface area contributed by atoms with Crippen LogP contribution < -0.4 is 10.2 Å². The minimum Gasteiger partial charge on any atom is -0.381 e. The fourth-order valence-electron chi connectivity index (χ4n) is 2.88. The van der Waals surface area contributed by atoms with E-state index in [1.54, 1.807) is 0 Å². The number of hydrogen-bond acceptors (Lipinski definition) is 4. The third kappa shape index (κ3) is 4.55. The second kappa shape index (κ2) is 8.92. The summed E-state index contributed by atoms with van der Waals surface area (Å²) in [6.45, 7) is 4.63. The number of nitrogens with zero attached hydrogens (tertiary/aromatic N) is 1. The van der Waals surface area contributed by atoms with Crippen LogP contribution in [-0.4, -0.2) is 32.2 Å². The SMILES string of the molecule is CCOCCC(=O)NCCCN1c2ccccc2Sc2ccccc21. The summed E-state index contributed by atoms with van der Waals surface area (Å²) < 4.78 is 5.21. The summed E-state index contributed by atoms with van der Waals surface area (Å²) in [7, 11) is 0. The zero-order valence-electron chi connectivity index (χ0n) is 14.5. The number of carbonyl (C=O) groups excluding carboxylic acids is 1. The summed E-state index contributed by atoms with van der Waals surface area (Å²) in [4.78, 5) is 16.7.